The lowest BCUT2D eigenvalue weighted by Gasteiger charge is -2.04. The van der Waals surface area contributed by atoms with E-state index in [1.165, 1.54) is 0 Å². The molecule has 0 saturated heterocycles. The van der Waals surface area contributed by atoms with Gasteiger partial charge in [0, 0.05) is 12.6 Å². The third-order valence-corrected chi connectivity index (χ3v) is 2.78. The first-order valence-corrected chi connectivity index (χ1v) is 5.20. The zero-order valence-corrected chi connectivity index (χ0v) is 9.69. The Bertz CT molecular complexity index is 518. The minimum absolute atomic E-state index is 0.654. The maximum Gasteiger partial charge on any atom is 0.0998 e. The summed E-state index contributed by atoms with van der Waals surface area (Å²) in [5.74, 6) is 0. The third kappa shape index (κ3) is 1.66. The Hall–Kier alpha value is -1.60. The average molecular weight is 262 g/mol. The van der Waals surface area contributed by atoms with Gasteiger partial charge < -0.3 is 0 Å². The van der Waals surface area contributed by atoms with Gasteiger partial charge in [0.2, 0.25) is 0 Å². The van der Waals surface area contributed by atoms with Crippen molar-refractivity contribution in [3.63, 3.8) is 0 Å². The Morgan fingerprint density at radius 2 is 2.13 bits per heavy atom. The van der Waals surface area contributed by atoms with Gasteiger partial charge in [-0.3, -0.25) is 4.68 Å². The molecule has 0 atom stereocenters. The Kier molecular flexibility index (Phi) is 2.57. The monoisotopic (exact) mass is 261 g/mol. The highest BCUT2D eigenvalue weighted by molar-refractivity contribution is 9.10. The van der Waals surface area contributed by atoms with Crippen LogP contribution in [-0.2, 0) is 7.05 Å². The second-order valence-corrected chi connectivity index (χ2v) is 3.98. The van der Waals surface area contributed by atoms with Gasteiger partial charge in [-0.1, -0.05) is 18.2 Å². The molecule has 1 heterocycles. The Balaban J connectivity index is 2.70. The van der Waals surface area contributed by atoms with Crippen molar-refractivity contribution >= 4 is 15.9 Å². The lowest BCUT2D eigenvalue weighted by atomic mass is 10.1. The number of aryl methyl sites for hydroxylation is 1. The summed E-state index contributed by atoms with van der Waals surface area (Å²) in [7, 11) is 1.86. The highest BCUT2D eigenvalue weighted by Crippen LogP contribution is 2.29. The van der Waals surface area contributed by atoms with Crippen molar-refractivity contribution in [1.29, 1.82) is 5.26 Å². The van der Waals surface area contributed by atoms with E-state index in [-0.39, 0.29) is 0 Å². The van der Waals surface area contributed by atoms with Crippen LogP contribution in [0.15, 0.2) is 34.9 Å². The standard InChI is InChI=1S/C11H8BrN3/c1-15-11(10(12)7-14-15)9-5-3-2-4-8(9)6-13/h2-5,7H,1H3. The van der Waals surface area contributed by atoms with Gasteiger partial charge in [-0.05, 0) is 22.0 Å². The molecule has 2 rings (SSSR count). The molecular formula is C11H8BrN3. The van der Waals surface area contributed by atoms with Crippen LogP contribution in [0.4, 0.5) is 0 Å². The third-order valence-electron chi connectivity index (χ3n) is 2.20. The molecule has 15 heavy (non-hydrogen) atoms. The number of rotatable bonds is 1. The number of nitrogens with zero attached hydrogens (tertiary/aromatic N) is 3. The molecule has 4 heteroatoms. The van der Waals surface area contributed by atoms with Gasteiger partial charge in [-0.15, -0.1) is 0 Å². The van der Waals surface area contributed by atoms with Crippen LogP contribution in [0.25, 0.3) is 11.3 Å². The van der Waals surface area contributed by atoms with Crippen molar-refractivity contribution in [2.75, 3.05) is 0 Å². The SMILES string of the molecule is Cn1ncc(Br)c1-c1ccccc1C#N. The zero-order valence-electron chi connectivity index (χ0n) is 8.11. The first-order chi connectivity index (χ1) is 7.24. The largest absolute Gasteiger partial charge is 0.267 e. The van der Waals surface area contributed by atoms with E-state index in [9.17, 15) is 0 Å². The number of halogens is 1. The minimum Gasteiger partial charge on any atom is -0.267 e. The Morgan fingerprint density at radius 1 is 1.40 bits per heavy atom. The van der Waals surface area contributed by atoms with Crippen molar-refractivity contribution in [2.24, 2.45) is 7.05 Å². The first-order valence-electron chi connectivity index (χ1n) is 4.41. The van der Waals surface area contributed by atoms with Crippen LogP contribution in [0.2, 0.25) is 0 Å². The Morgan fingerprint density at radius 3 is 2.73 bits per heavy atom. The van der Waals surface area contributed by atoms with Gasteiger partial charge in [0.25, 0.3) is 0 Å². The molecule has 0 spiro atoms. The highest BCUT2D eigenvalue weighted by atomic mass is 79.9. The Labute approximate surface area is 96.1 Å². The number of benzene rings is 1. The van der Waals surface area contributed by atoms with E-state index in [0.29, 0.717) is 5.56 Å². The van der Waals surface area contributed by atoms with Crippen LogP contribution in [0.1, 0.15) is 5.56 Å². The van der Waals surface area contributed by atoms with E-state index in [1.54, 1.807) is 16.9 Å². The topological polar surface area (TPSA) is 41.6 Å². The van der Waals surface area contributed by atoms with Crippen LogP contribution in [0.3, 0.4) is 0 Å². The molecule has 3 nitrogen and oxygen atoms in total. The quantitative estimate of drug-likeness (QED) is 0.792. The first kappa shape index (κ1) is 9.94. The van der Waals surface area contributed by atoms with Crippen molar-refractivity contribution in [3.05, 3.63) is 40.5 Å². The molecule has 2 aromatic rings. The molecule has 0 bridgehead atoms. The molecule has 0 saturated carbocycles. The normalized spacial score (nSPS) is 9.93. The van der Waals surface area contributed by atoms with Crippen molar-refractivity contribution in [2.45, 2.75) is 0 Å². The summed E-state index contributed by atoms with van der Waals surface area (Å²) >= 11 is 3.42. The number of hydrogen-bond acceptors (Lipinski definition) is 2. The second-order valence-electron chi connectivity index (χ2n) is 3.12. The summed E-state index contributed by atoms with van der Waals surface area (Å²) in [6.07, 6.45) is 1.73. The average Bonchev–Trinajstić information content (AvgIpc) is 2.59. The molecule has 74 valence electrons. The van der Waals surface area contributed by atoms with E-state index in [4.69, 9.17) is 5.26 Å². The van der Waals surface area contributed by atoms with Gasteiger partial charge in [-0.25, -0.2) is 0 Å². The molecule has 0 radical (unpaired) electrons. The van der Waals surface area contributed by atoms with Gasteiger partial charge >= 0.3 is 0 Å². The summed E-state index contributed by atoms with van der Waals surface area (Å²) in [4.78, 5) is 0. The number of nitriles is 1. The molecule has 0 N–H and O–H groups in total. The molecule has 0 aliphatic carbocycles. The fourth-order valence-corrected chi connectivity index (χ4v) is 2.06. The molecule has 1 aromatic heterocycles. The van der Waals surface area contributed by atoms with E-state index in [0.717, 1.165) is 15.7 Å². The van der Waals surface area contributed by atoms with E-state index in [2.05, 4.69) is 27.1 Å². The summed E-state index contributed by atoms with van der Waals surface area (Å²) in [6.45, 7) is 0. The van der Waals surface area contributed by atoms with Gasteiger partial charge in [-0.2, -0.15) is 10.4 Å². The molecule has 0 aliphatic heterocycles. The maximum absolute atomic E-state index is 9.00. The maximum atomic E-state index is 9.00. The number of aromatic nitrogens is 2. The molecule has 1 aromatic carbocycles. The van der Waals surface area contributed by atoms with Gasteiger partial charge in [0.05, 0.1) is 28.0 Å². The van der Waals surface area contributed by atoms with Crippen LogP contribution in [-0.4, -0.2) is 9.78 Å². The summed E-state index contributed by atoms with van der Waals surface area (Å²) in [6, 6.07) is 9.66. The fraction of sp³-hybridized carbons (Fsp3) is 0.0909. The van der Waals surface area contributed by atoms with E-state index in [1.807, 2.05) is 25.2 Å². The van der Waals surface area contributed by atoms with Crippen LogP contribution >= 0.6 is 15.9 Å². The number of hydrogen-bond donors (Lipinski definition) is 0. The van der Waals surface area contributed by atoms with Crippen LogP contribution in [0, 0.1) is 11.3 Å². The van der Waals surface area contributed by atoms with E-state index < -0.39 is 0 Å². The predicted molar refractivity (Wildman–Crippen MR) is 61.1 cm³/mol. The summed E-state index contributed by atoms with van der Waals surface area (Å²) in [5.41, 5.74) is 2.47. The lowest BCUT2D eigenvalue weighted by Crippen LogP contribution is -1.95. The smallest absolute Gasteiger partial charge is 0.0998 e. The zero-order chi connectivity index (χ0) is 10.8. The van der Waals surface area contributed by atoms with Crippen LogP contribution in [0.5, 0.6) is 0 Å². The molecule has 0 aliphatic rings. The fourth-order valence-electron chi connectivity index (χ4n) is 1.50. The molecule has 0 fully saturated rings. The van der Waals surface area contributed by atoms with E-state index >= 15 is 0 Å². The van der Waals surface area contributed by atoms with Gasteiger partial charge in [0.1, 0.15) is 0 Å². The van der Waals surface area contributed by atoms with Crippen molar-refractivity contribution < 1.29 is 0 Å². The van der Waals surface area contributed by atoms with Crippen molar-refractivity contribution in [3.8, 4) is 17.3 Å². The molecular weight excluding hydrogens is 254 g/mol. The minimum atomic E-state index is 0.654. The molecule has 0 amide bonds. The lowest BCUT2D eigenvalue weighted by molar-refractivity contribution is 0.775. The van der Waals surface area contributed by atoms with Crippen molar-refractivity contribution in [1.82, 2.24) is 9.78 Å². The predicted octanol–water partition coefficient (Wildman–Crippen LogP) is 2.72. The highest BCUT2D eigenvalue weighted by Gasteiger charge is 2.11. The van der Waals surface area contributed by atoms with Gasteiger partial charge in [0.15, 0.2) is 0 Å². The summed E-state index contributed by atoms with van der Waals surface area (Å²) < 4.78 is 2.65. The van der Waals surface area contributed by atoms with Crippen LogP contribution < -0.4 is 0 Å². The molecule has 0 unspecified atom stereocenters. The second kappa shape index (κ2) is 3.87. The summed E-state index contributed by atoms with van der Waals surface area (Å²) in [5, 5.41) is 13.1.